The SMILES string of the molecule is CN(CCNC1CCS(=O)(=O)C1)C1CCCC1. The van der Waals surface area contributed by atoms with Gasteiger partial charge in [-0.1, -0.05) is 12.8 Å². The molecular weight excluding hydrogens is 236 g/mol. The van der Waals surface area contributed by atoms with E-state index in [-0.39, 0.29) is 6.04 Å². The van der Waals surface area contributed by atoms with Gasteiger partial charge < -0.3 is 10.2 Å². The fraction of sp³-hybridized carbons (Fsp3) is 1.00. The molecule has 1 saturated heterocycles. The van der Waals surface area contributed by atoms with Gasteiger partial charge in [-0.25, -0.2) is 8.42 Å². The Morgan fingerprint density at radius 1 is 1.24 bits per heavy atom. The minimum atomic E-state index is -2.74. The summed E-state index contributed by atoms with van der Waals surface area (Å²) in [5.74, 6) is 0.698. The molecule has 0 spiro atoms. The molecule has 1 heterocycles. The number of nitrogens with zero attached hydrogens (tertiary/aromatic N) is 1. The van der Waals surface area contributed by atoms with Crippen molar-refractivity contribution in [1.29, 1.82) is 0 Å². The van der Waals surface area contributed by atoms with Crippen LogP contribution in [0.3, 0.4) is 0 Å². The fourth-order valence-corrected chi connectivity index (χ4v) is 4.64. The van der Waals surface area contributed by atoms with Crippen molar-refractivity contribution in [2.24, 2.45) is 0 Å². The van der Waals surface area contributed by atoms with Crippen molar-refractivity contribution in [3.63, 3.8) is 0 Å². The van der Waals surface area contributed by atoms with Crippen LogP contribution in [0.5, 0.6) is 0 Å². The maximum Gasteiger partial charge on any atom is 0.151 e. The first-order valence-corrected chi connectivity index (χ1v) is 8.53. The zero-order valence-electron chi connectivity index (χ0n) is 10.7. The molecule has 0 bridgehead atoms. The lowest BCUT2D eigenvalue weighted by Crippen LogP contribution is -2.39. The Bertz CT molecular complexity index is 336. The maximum atomic E-state index is 11.3. The molecule has 0 aromatic rings. The highest BCUT2D eigenvalue weighted by atomic mass is 32.2. The van der Waals surface area contributed by atoms with Gasteiger partial charge in [-0.3, -0.25) is 0 Å². The van der Waals surface area contributed by atoms with Gasteiger partial charge in [0.25, 0.3) is 0 Å². The van der Waals surface area contributed by atoms with E-state index >= 15 is 0 Å². The summed E-state index contributed by atoms with van der Waals surface area (Å²) in [5.41, 5.74) is 0. The summed E-state index contributed by atoms with van der Waals surface area (Å²) < 4.78 is 22.6. The molecule has 2 fully saturated rings. The van der Waals surface area contributed by atoms with E-state index in [1.165, 1.54) is 25.7 Å². The van der Waals surface area contributed by atoms with E-state index in [2.05, 4.69) is 17.3 Å². The summed E-state index contributed by atoms with van der Waals surface area (Å²) in [6.45, 7) is 1.94. The second-order valence-electron chi connectivity index (χ2n) is 5.47. The average molecular weight is 260 g/mol. The molecule has 0 amide bonds. The van der Waals surface area contributed by atoms with Crippen molar-refractivity contribution in [2.45, 2.75) is 44.2 Å². The van der Waals surface area contributed by atoms with E-state index in [9.17, 15) is 8.42 Å². The lowest BCUT2D eigenvalue weighted by Gasteiger charge is -2.24. The highest BCUT2D eigenvalue weighted by Crippen LogP contribution is 2.21. The first-order chi connectivity index (χ1) is 8.07. The van der Waals surface area contributed by atoms with Gasteiger partial charge in [0.1, 0.15) is 0 Å². The van der Waals surface area contributed by atoms with E-state index in [0.717, 1.165) is 25.6 Å². The van der Waals surface area contributed by atoms with Crippen LogP contribution in [-0.2, 0) is 9.84 Å². The molecule has 1 atom stereocenters. The largest absolute Gasteiger partial charge is 0.312 e. The van der Waals surface area contributed by atoms with E-state index in [4.69, 9.17) is 0 Å². The number of sulfone groups is 1. The van der Waals surface area contributed by atoms with E-state index in [1.807, 2.05) is 0 Å². The average Bonchev–Trinajstić information content (AvgIpc) is 2.87. The van der Waals surface area contributed by atoms with Crippen LogP contribution < -0.4 is 5.32 Å². The molecule has 5 heteroatoms. The van der Waals surface area contributed by atoms with Crippen LogP contribution in [0.1, 0.15) is 32.1 Å². The highest BCUT2D eigenvalue weighted by Gasteiger charge is 2.27. The van der Waals surface area contributed by atoms with Crippen molar-refractivity contribution < 1.29 is 8.42 Å². The lowest BCUT2D eigenvalue weighted by atomic mass is 10.2. The molecule has 0 aromatic carbocycles. The number of nitrogens with one attached hydrogen (secondary N) is 1. The predicted molar refractivity (Wildman–Crippen MR) is 69.9 cm³/mol. The van der Waals surface area contributed by atoms with Gasteiger partial charge in [-0.15, -0.1) is 0 Å². The molecule has 17 heavy (non-hydrogen) atoms. The van der Waals surface area contributed by atoms with Crippen LogP contribution in [0.25, 0.3) is 0 Å². The van der Waals surface area contributed by atoms with Crippen LogP contribution in [0.15, 0.2) is 0 Å². The third-order valence-electron chi connectivity index (χ3n) is 4.08. The fourth-order valence-electron chi connectivity index (χ4n) is 2.93. The smallest absolute Gasteiger partial charge is 0.151 e. The highest BCUT2D eigenvalue weighted by molar-refractivity contribution is 7.91. The molecule has 1 unspecified atom stereocenters. The monoisotopic (exact) mass is 260 g/mol. The predicted octanol–water partition coefficient (Wildman–Crippen LogP) is 0.638. The first kappa shape index (κ1) is 13.3. The van der Waals surface area contributed by atoms with Gasteiger partial charge in [0.05, 0.1) is 11.5 Å². The molecule has 1 aliphatic heterocycles. The maximum absolute atomic E-state index is 11.3. The molecule has 100 valence electrons. The summed E-state index contributed by atoms with van der Waals surface area (Å²) in [7, 11) is -0.554. The lowest BCUT2D eigenvalue weighted by molar-refractivity contribution is 0.243. The standard InChI is InChI=1S/C12H24N2O2S/c1-14(12-4-2-3-5-12)8-7-13-11-6-9-17(15,16)10-11/h11-13H,2-10H2,1H3. The van der Waals surface area contributed by atoms with Crippen LogP contribution >= 0.6 is 0 Å². The second-order valence-corrected chi connectivity index (χ2v) is 7.70. The Morgan fingerprint density at radius 3 is 2.53 bits per heavy atom. The molecule has 2 rings (SSSR count). The molecule has 1 N–H and O–H groups in total. The van der Waals surface area contributed by atoms with Crippen LogP contribution in [0.2, 0.25) is 0 Å². The minimum Gasteiger partial charge on any atom is -0.312 e. The minimum absolute atomic E-state index is 0.192. The number of rotatable bonds is 5. The molecular formula is C12H24N2O2S. The van der Waals surface area contributed by atoms with Crippen molar-refractivity contribution in [1.82, 2.24) is 10.2 Å². The summed E-state index contributed by atoms with van der Waals surface area (Å²) >= 11 is 0. The molecule has 0 radical (unpaired) electrons. The zero-order valence-corrected chi connectivity index (χ0v) is 11.5. The molecule has 2 aliphatic rings. The van der Waals surface area contributed by atoms with Gasteiger partial charge in [0, 0.05) is 25.2 Å². The topological polar surface area (TPSA) is 49.4 Å². The molecule has 0 aromatic heterocycles. The molecule has 4 nitrogen and oxygen atoms in total. The van der Waals surface area contributed by atoms with E-state index in [0.29, 0.717) is 11.5 Å². The molecule has 1 aliphatic carbocycles. The Morgan fingerprint density at radius 2 is 1.94 bits per heavy atom. The van der Waals surface area contributed by atoms with Gasteiger partial charge in [-0.05, 0) is 26.3 Å². The summed E-state index contributed by atoms with van der Waals surface area (Å²) in [6, 6.07) is 0.945. The van der Waals surface area contributed by atoms with E-state index < -0.39 is 9.84 Å². The van der Waals surface area contributed by atoms with Gasteiger partial charge in [-0.2, -0.15) is 0 Å². The van der Waals surface area contributed by atoms with Gasteiger partial charge in [0.2, 0.25) is 0 Å². The van der Waals surface area contributed by atoms with Crippen LogP contribution in [-0.4, -0.2) is 57.0 Å². The second kappa shape index (κ2) is 5.67. The number of hydrogen-bond acceptors (Lipinski definition) is 4. The normalized spacial score (nSPS) is 29.2. The van der Waals surface area contributed by atoms with Crippen molar-refractivity contribution in [3.8, 4) is 0 Å². The van der Waals surface area contributed by atoms with Crippen molar-refractivity contribution in [2.75, 3.05) is 31.6 Å². The summed E-state index contributed by atoms with van der Waals surface area (Å²) in [6.07, 6.45) is 6.17. The third-order valence-corrected chi connectivity index (χ3v) is 5.85. The zero-order chi connectivity index (χ0) is 12.3. The van der Waals surface area contributed by atoms with E-state index in [1.54, 1.807) is 0 Å². The quantitative estimate of drug-likeness (QED) is 0.788. The number of hydrogen-bond donors (Lipinski definition) is 1. The van der Waals surface area contributed by atoms with Crippen LogP contribution in [0.4, 0.5) is 0 Å². The molecule has 1 saturated carbocycles. The third kappa shape index (κ3) is 3.93. The first-order valence-electron chi connectivity index (χ1n) is 6.71. The Hall–Kier alpha value is -0.130. The summed E-state index contributed by atoms with van der Waals surface area (Å²) in [4.78, 5) is 2.42. The van der Waals surface area contributed by atoms with Gasteiger partial charge >= 0.3 is 0 Å². The Kier molecular flexibility index (Phi) is 4.44. The summed E-state index contributed by atoms with van der Waals surface area (Å²) in [5, 5.41) is 3.37. The van der Waals surface area contributed by atoms with Crippen molar-refractivity contribution >= 4 is 9.84 Å². The number of likely N-dealkylation sites (N-methyl/N-ethyl adjacent to an activating group) is 1. The van der Waals surface area contributed by atoms with Crippen LogP contribution in [0, 0.1) is 0 Å². The van der Waals surface area contributed by atoms with Crippen molar-refractivity contribution in [3.05, 3.63) is 0 Å². The Labute approximate surface area is 105 Å². The van der Waals surface area contributed by atoms with Gasteiger partial charge in [0.15, 0.2) is 9.84 Å². The Balaban J connectivity index is 1.63.